The molecule has 1 fully saturated rings. The summed E-state index contributed by atoms with van der Waals surface area (Å²) in [4.78, 5) is 23.5. The molecule has 0 aliphatic heterocycles. The third-order valence-corrected chi connectivity index (χ3v) is 6.17. The summed E-state index contributed by atoms with van der Waals surface area (Å²) in [5.74, 6) is -0.564. The van der Waals surface area contributed by atoms with E-state index in [9.17, 15) is 26.7 Å². The highest BCUT2D eigenvalue weighted by Crippen LogP contribution is 2.48. The molecule has 11 heteroatoms. The van der Waals surface area contributed by atoms with Crippen LogP contribution in [0.4, 0.5) is 33.5 Å². The van der Waals surface area contributed by atoms with E-state index >= 15 is 0 Å². The van der Waals surface area contributed by atoms with Gasteiger partial charge in [0.05, 0.1) is 17.0 Å². The number of anilines is 2. The predicted octanol–water partition coefficient (Wildman–Crippen LogP) is 5.17. The summed E-state index contributed by atoms with van der Waals surface area (Å²) in [6, 6.07) is 2.93. The molecular weight excluding hydrogens is 457 g/mol. The quantitative estimate of drug-likeness (QED) is 0.472. The summed E-state index contributed by atoms with van der Waals surface area (Å²) in [6.45, 7) is 3.17. The molecule has 0 unspecified atom stereocenters. The Bertz CT molecular complexity index is 1300. The Morgan fingerprint density at radius 2 is 1.76 bits per heavy atom. The summed E-state index contributed by atoms with van der Waals surface area (Å²) >= 11 is 0. The van der Waals surface area contributed by atoms with E-state index in [1.807, 2.05) is 0 Å². The largest absolute Gasteiger partial charge is 0.371 e. The lowest BCUT2D eigenvalue weighted by molar-refractivity contribution is 0.0655. The Balaban J connectivity index is 1.90. The van der Waals surface area contributed by atoms with E-state index in [1.54, 1.807) is 27.9 Å². The molecule has 0 amide bonds. The third kappa shape index (κ3) is 3.86. The van der Waals surface area contributed by atoms with Gasteiger partial charge in [-0.2, -0.15) is 0 Å². The maximum absolute atomic E-state index is 14.7. The standard InChI is InChI=1S/C23H24F5N5O/c1-11(13-6-5-7-14(16(13)24)19(25)26)29-20-15-10-33(23(8-9-23)22(27)28)21(34)18(32(3)4)17(15)30-12(2)31-20/h5-7,10-11,19,22H,8-9H2,1-4H3,(H,29,30,31)/t11-/m1/s1. The average Bonchev–Trinajstić information content (AvgIpc) is 3.54. The Hall–Kier alpha value is -3.24. The van der Waals surface area contributed by atoms with Crippen molar-refractivity contribution in [3.8, 4) is 0 Å². The SMILES string of the molecule is Cc1nc(N[C@H](C)c2cccc(C(F)F)c2F)c2cn(C3(C(F)F)CC3)c(=O)c(N(C)C)c2n1. The maximum atomic E-state index is 14.7. The van der Waals surface area contributed by atoms with E-state index in [4.69, 9.17) is 0 Å². The van der Waals surface area contributed by atoms with Crippen molar-refractivity contribution in [2.75, 3.05) is 24.3 Å². The molecule has 0 bridgehead atoms. The highest BCUT2D eigenvalue weighted by molar-refractivity contribution is 5.96. The second-order valence-electron chi connectivity index (χ2n) is 8.75. The average molecular weight is 481 g/mol. The molecule has 0 radical (unpaired) electrons. The number of aromatic nitrogens is 3. The maximum Gasteiger partial charge on any atom is 0.277 e. The molecule has 1 aliphatic rings. The number of nitrogens with zero attached hydrogens (tertiary/aromatic N) is 4. The molecule has 182 valence electrons. The van der Waals surface area contributed by atoms with E-state index < -0.39 is 41.4 Å². The number of hydrogen-bond acceptors (Lipinski definition) is 5. The number of rotatable bonds is 7. The Labute approximate surface area is 192 Å². The second kappa shape index (κ2) is 8.52. The zero-order chi connectivity index (χ0) is 24.9. The van der Waals surface area contributed by atoms with Crippen molar-refractivity contribution in [3.63, 3.8) is 0 Å². The molecule has 0 spiro atoms. The van der Waals surface area contributed by atoms with Crippen LogP contribution in [0.15, 0.2) is 29.2 Å². The number of aryl methyl sites for hydroxylation is 1. The number of nitrogens with one attached hydrogen (secondary N) is 1. The van der Waals surface area contributed by atoms with Crippen LogP contribution in [0.25, 0.3) is 10.9 Å². The fourth-order valence-electron chi connectivity index (χ4n) is 4.18. The van der Waals surface area contributed by atoms with Crippen LogP contribution < -0.4 is 15.8 Å². The van der Waals surface area contributed by atoms with Crippen LogP contribution in [-0.2, 0) is 5.54 Å². The van der Waals surface area contributed by atoms with Gasteiger partial charge in [-0.1, -0.05) is 18.2 Å². The zero-order valence-electron chi connectivity index (χ0n) is 19.0. The highest BCUT2D eigenvalue weighted by atomic mass is 19.3. The molecule has 1 aromatic carbocycles. The first-order valence-corrected chi connectivity index (χ1v) is 10.7. The second-order valence-corrected chi connectivity index (χ2v) is 8.75. The molecule has 1 N–H and O–H groups in total. The normalized spacial score (nSPS) is 15.7. The van der Waals surface area contributed by atoms with Crippen molar-refractivity contribution >= 4 is 22.4 Å². The Morgan fingerprint density at radius 1 is 1.12 bits per heavy atom. The van der Waals surface area contributed by atoms with Gasteiger partial charge in [0, 0.05) is 25.9 Å². The van der Waals surface area contributed by atoms with Crippen LogP contribution >= 0.6 is 0 Å². The van der Waals surface area contributed by atoms with Crippen molar-refractivity contribution in [2.45, 2.75) is 51.1 Å². The van der Waals surface area contributed by atoms with E-state index in [0.29, 0.717) is 5.82 Å². The van der Waals surface area contributed by atoms with Crippen molar-refractivity contribution in [1.82, 2.24) is 14.5 Å². The number of pyridine rings is 1. The van der Waals surface area contributed by atoms with Crippen LogP contribution in [0.2, 0.25) is 0 Å². The van der Waals surface area contributed by atoms with Gasteiger partial charge in [-0.25, -0.2) is 31.9 Å². The first-order valence-electron chi connectivity index (χ1n) is 10.7. The molecule has 4 rings (SSSR count). The van der Waals surface area contributed by atoms with Crippen molar-refractivity contribution in [1.29, 1.82) is 0 Å². The number of halogens is 5. The van der Waals surface area contributed by atoms with Crippen LogP contribution in [0.5, 0.6) is 0 Å². The lowest BCUT2D eigenvalue weighted by Gasteiger charge is -2.24. The minimum atomic E-state index is -2.98. The Morgan fingerprint density at radius 3 is 2.32 bits per heavy atom. The zero-order valence-corrected chi connectivity index (χ0v) is 19.0. The van der Waals surface area contributed by atoms with E-state index in [1.165, 1.54) is 23.2 Å². The molecule has 1 atom stereocenters. The van der Waals surface area contributed by atoms with Gasteiger partial charge in [-0.3, -0.25) is 4.79 Å². The van der Waals surface area contributed by atoms with E-state index in [-0.39, 0.29) is 40.8 Å². The smallest absolute Gasteiger partial charge is 0.277 e. The highest BCUT2D eigenvalue weighted by Gasteiger charge is 2.54. The first-order chi connectivity index (χ1) is 16.0. The van der Waals surface area contributed by atoms with Crippen LogP contribution in [-0.4, -0.2) is 35.1 Å². The van der Waals surface area contributed by atoms with Gasteiger partial charge < -0.3 is 14.8 Å². The summed E-state index contributed by atoms with van der Waals surface area (Å²) in [5.41, 5.74) is -2.54. The van der Waals surface area contributed by atoms with Gasteiger partial charge in [0.15, 0.2) is 0 Å². The minimum Gasteiger partial charge on any atom is -0.371 e. The number of hydrogen-bond donors (Lipinski definition) is 1. The minimum absolute atomic E-state index is 0.00499. The van der Waals surface area contributed by atoms with Crippen LogP contribution in [0.3, 0.4) is 0 Å². The summed E-state index contributed by atoms with van der Waals surface area (Å²) in [7, 11) is 3.22. The first kappa shape index (κ1) is 23.9. The number of alkyl halides is 4. The molecule has 2 aromatic heterocycles. The van der Waals surface area contributed by atoms with Crippen molar-refractivity contribution in [2.24, 2.45) is 0 Å². The van der Waals surface area contributed by atoms with Gasteiger partial charge >= 0.3 is 0 Å². The lowest BCUT2D eigenvalue weighted by Crippen LogP contribution is -2.38. The van der Waals surface area contributed by atoms with Gasteiger partial charge in [0.1, 0.15) is 34.2 Å². The molecule has 2 heterocycles. The summed E-state index contributed by atoms with van der Waals surface area (Å²) < 4.78 is 69.9. The summed E-state index contributed by atoms with van der Waals surface area (Å²) in [6.07, 6.45) is -4.11. The van der Waals surface area contributed by atoms with E-state index in [2.05, 4.69) is 15.3 Å². The van der Waals surface area contributed by atoms with Crippen LogP contribution in [0.1, 0.15) is 49.2 Å². The number of benzene rings is 1. The molecule has 6 nitrogen and oxygen atoms in total. The predicted molar refractivity (Wildman–Crippen MR) is 119 cm³/mol. The van der Waals surface area contributed by atoms with Gasteiger partial charge in [0.25, 0.3) is 18.4 Å². The lowest BCUT2D eigenvalue weighted by atomic mass is 10.0. The van der Waals surface area contributed by atoms with Gasteiger partial charge in [-0.15, -0.1) is 0 Å². The van der Waals surface area contributed by atoms with Gasteiger partial charge in [0.2, 0.25) is 0 Å². The molecule has 34 heavy (non-hydrogen) atoms. The van der Waals surface area contributed by atoms with Gasteiger partial charge in [-0.05, 0) is 26.7 Å². The van der Waals surface area contributed by atoms with Crippen molar-refractivity contribution in [3.05, 3.63) is 57.5 Å². The molecular formula is C23H24F5N5O. The van der Waals surface area contributed by atoms with Crippen LogP contribution in [0, 0.1) is 12.7 Å². The van der Waals surface area contributed by atoms with E-state index in [0.717, 1.165) is 10.6 Å². The number of fused-ring (bicyclic) bond motifs is 1. The molecule has 3 aromatic rings. The molecule has 1 saturated carbocycles. The molecule has 0 saturated heterocycles. The van der Waals surface area contributed by atoms with Crippen molar-refractivity contribution < 1.29 is 22.0 Å². The topological polar surface area (TPSA) is 63.1 Å². The monoisotopic (exact) mass is 481 g/mol. The fourth-order valence-corrected chi connectivity index (χ4v) is 4.18. The Kier molecular flexibility index (Phi) is 5.99. The third-order valence-electron chi connectivity index (χ3n) is 6.17. The molecule has 1 aliphatic carbocycles. The summed E-state index contributed by atoms with van der Waals surface area (Å²) in [5, 5.41) is 3.30. The fraction of sp³-hybridized carbons (Fsp3) is 0.435.